The van der Waals surface area contributed by atoms with Crippen molar-refractivity contribution >= 4 is 17.3 Å². The Balaban J connectivity index is 1.64. The number of anilines is 1. The number of piperidine rings is 1. The first-order valence-electron chi connectivity index (χ1n) is 8.53. The van der Waals surface area contributed by atoms with Gasteiger partial charge in [0.25, 0.3) is 5.91 Å². The lowest BCUT2D eigenvalue weighted by molar-refractivity contribution is -0.115. The van der Waals surface area contributed by atoms with Crippen molar-refractivity contribution in [1.29, 1.82) is 5.41 Å². The number of hydrogen-bond donors (Lipinski definition) is 3. The van der Waals surface area contributed by atoms with Gasteiger partial charge in [-0.25, -0.2) is 0 Å². The van der Waals surface area contributed by atoms with E-state index in [0.717, 1.165) is 19.4 Å². The smallest absolute Gasteiger partial charge is 0.270 e. The summed E-state index contributed by atoms with van der Waals surface area (Å²) >= 11 is 0. The Kier molecular flexibility index (Phi) is 4.76. The van der Waals surface area contributed by atoms with Crippen molar-refractivity contribution < 1.29 is 9.53 Å². The predicted octanol–water partition coefficient (Wildman–Crippen LogP) is 1.63. The van der Waals surface area contributed by atoms with Crippen molar-refractivity contribution in [2.45, 2.75) is 37.8 Å². The second-order valence-corrected chi connectivity index (χ2v) is 6.92. The van der Waals surface area contributed by atoms with Crippen LogP contribution < -0.4 is 15.8 Å². The molecule has 3 rings (SSSR count). The van der Waals surface area contributed by atoms with Crippen molar-refractivity contribution in [3.8, 4) is 5.75 Å². The summed E-state index contributed by atoms with van der Waals surface area (Å²) in [5.41, 5.74) is 6.69. The number of nitrogen functional groups attached to an aromatic ring is 1. The zero-order chi connectivity index (χ0) is 17.3. The number of ether oxygens (including phenoxy) is 1. The lowest BCUT2D eigenvalue weighted by Gasteiger charge is -2.34. The van der Waals surface area contributed by atoms with Crippen molar-refractivity contribution in [2.75, 3.05) is 26.4 Å². The third kappa shape index (κ3) is 3.24. The number of methoxy groups -OCH3 is 1. The van der Waals surface area contributed by atoms with Crippen LogP contribution in [0.4, 0.5) is 5.69 Å². The number of carbonyl (C=O) groups excluding carboxylic acids is 1. The van der Waals surface area contributed by atoms with E-state index in [1.807, 2.05) is 0 Å². The summed E-state index contributed by atoms with van der Waals surface area (Å²) in [6.07, 6.45) is 4.45. The molecular weight excluding hydrogens is 304 g/mol. The summed E-state index contributed by atoms with van der Waals surface area (Å²) in [5.74, 6) is 0.930. The molecule has 2 fully saturated rings. The van der Waals surface area contributed by atoms with Crippen LogP contribution in [0.25, 0.3) is 0 Å². The second kappa shape index (κ2) is 6.81. The molecule has 24 heavy (non-hydrogen) atoms. The van der Waals surface area contributed by atoms with Crippen LogP contribution >= 0.6 is 0 Å². The fourth-order valence-electron chi connectivity index (χ4n) is 4.11. The summed E-state index contributed by atoms with van der Waals surface area (Å²) in [5, 5.41) is 11.2. The number of hydrogen-bond acceptors (Lipinski definition) is 5. The average Bonchev–Trinajstić information content (AvgIpc) is 2.98. The zero-order valence-electron chi connectivity index (χ0n) is 14.3. The lowest BCUT2D eigenvalue weighted by Crippen LogP contribution is -2.41. The number of nitrogens with one attached hydrogen (secondary N) is 2. The van der Waals surface area contributed by atoms with Gasteiger partial charge in [0.15, 0.2) is 0 Å². The number of rotatable bonds is 4. The van der Waals surface area contributed by atoms with Crippen LogP contribution in [0.1, 0.15) is 31.2 Å². The molecule has 6 heteroatoms. The Labute approximate surface area is 142 Å². The van der Waals surface area contributed by atoms with Gasteiger partial charge in [0, 0.05) is 29.4 Å². The van der Waals surface area contributed by atoms with Gasteiger partial charge in [-0.15, -0.1) is 0 Å². The van der Waals surface area contributed by atoms with E-state index in [1.54, 1.807) is 25.3 Å². The molecule has 1 amide bonds. The van der Waals surface area contributed by atoms with E-state index in [2.05, 4.69) is 17.3 Å². The first-order valence-corrected chi connectivity index (χ1v) is 8.53. The molecule has 130 valence electrons. The molecule has 4 N–H and O–H groups in total. The Hall–Kier alpha value is -2.08. The normalized spacial score (nSPS) is 26.7. The number of amides is 1. The van der Waals surface area contributed by atoms with Crippen molar-refractivity contribution in [3.63, 3.8) is 0 Å². The highest BCUT2D eigenvalue weighted by Crippen LogP contribution is 2.36. The molecule has 3 atom stereocenters. The zero-order valence-corrected chi connectivity index (χ0v) is 14.3. The second-order valence-electron chi connectivity index (χ2n) is 6.92. The highest BCUT2D eigenvalue weighted by Gasteiger charge is 2.39. The van der Waals surface area contributed by atoms with Gasteiger partial charge in [0.1, 0.15) is 11.5 Å². The number of likely N-dealkylation sites (tertiary alicyclic amines) is 1. The molecule has 0 spiro atoms. The highest BCUT2D eigenvalue weighted by atomic mass is 16.5. The maximum absolute atomic E-state index is 12.5. The van der Waals surface area contributed by atoms with Crippen LogP contribution in [0.15, 0.2) is 18.2 Å². The molecule has 2 aliphatic rings. The topological polar surface area (TPSA) is 91.4 Å². The largest absolute Gasteiger partial charge is 0.497 e. The maximum Gasteiger partial charge on any atom is 0.270 e. The lowest BCUT2D eigenvalue weighted by atomic mass is 9.92. The van der Waals surface area contributed by atoms with E-state index in [4.69, 9.17) is 15.9 Å². The Morgan fingerprint density at radius 2 is 2.21 bits per heavy atom. The van der Waals surface area contributed by atoms with Crippen LogP contribution in [0, 0.1) is 11.3 Å². The van der Waals surface area contributed by atoms with Gasteiger partial charge < -0.3 is 20.7 Å². The highest BCUT2D eigenvalue weighted by molar-refractivity contribution is 6.45. The van der Waals surface area contributed by atoms with E-state index in [9.17, 15) is 4.79 Å². The Bertz CT molecular complexity index is 646. The van der Waals surface area contributed by atoms with E-state index < -0.39 is 0 Å². The minimum atomic E-state index is -0.349. The minimum absolute atomic E-state index is 0.0848. The van der Waals surface area contributed by atoms with E-state index >= 15 is 0 Å². The molecule has 0 bridgehead atoms. The number of nitrogens with zero attached hydrogens (tertiary/aromatic N) is 1. The van der Waals surface area contributed by atoms with Crippen molar-refractivity contribution in [2.24, 2.45) is 5.92 Å². The van der Waals surface area contributed by atoms with Crippen LogP contribution in [0.5, 0.6) is 5.75 Å². The van der Waals surface area contributed by atoms with Gasteiger partial charge in [-0.2, -0.15) is 0 Å². The first-order chi connectivity index (χ1) is 11.5. The fraction of sp³-hybridized carbons (Fsp3) is 0.556. The predicted molar refractivity (Wildman–Crippen MR) is 94.5 cm³/mol. The molecule has 2 unspecified atom stereocenters. The maximum atomic E-state index is 12.5. The molecule has 1 saturated carbocycles. The third-order valence-electron chi connectivity index (χ3n) is 5.40. The summed E-state index contributed by atoms with van der Waals surface area (Å²) in [6, 6.07) is 5.72. The van der Waals surface area contributed by atoms with Gasteiger partial charge in [-0.05, 0) is 57.3 Å². The van der Waals surface area contributed by atoms with E-state index in [0.29, 0.717) is 29.0 Å². The number of fused-ring (bicyclic) bond motifs is 1. The molecule has 1 heterocycles. The number of nitrogens with two attached hydrogens (primary N) is 1. The summed E-state index contributed by atoms with van der Waals surface area (Å²) < 4.78 is 5.11. The average molecular weight is 330 g/mol. The monoisotopic (exact) mass is 330 g/mol. The summed E-state index contributed by atoms with van der Waals surface area (Å²) in [7, 11) is 3.73. The molecular formula is C18H26N4O2. The molecule has 1 saturated heterocycles. The minimum Gasteiger partial charge on any atom is -0.497 e. The molecule has 0 radical (unpaired) electrons. The molecule has 1 aliphatic carbocycles. The third-order valence-corrected chi connectivity index (χ3v) is 5.40. The van der Waals surface area contributed by atoms with Gasteiger partial charge in [0.05, 0.1) is 7.11 Å². The van der Waals surface area contributed by atoms with Crippen LogP contribution in [0.2, 0.25) is 0 Å². The molecule has 1 aliphatic heterocycles. The van der Waals surface area contributed by atoms with Gasteiger partial charge in [0.2, 0.25) is 0 Å². The molecule has 0 aromatic heterocycles. The van der Waals surface area contributed by atoms with Gasteiger partial charge in [-0.3, -0.25) is 10.2 Å². The molecule has 6 nitrogen and oxygen atoms in total. The Morgan fingerprint density at radius 1 is 1.42 bits per heavy atom. The van der Waals surface area contributed by atoms with Gasteiger partial charge in [-0.1, -0.05) is 0 Å². The summed E-state index contributed by atoms with van der Waals surface area (Å²) in [6.45, 7) is 1.14. The standard InChI is InChI=1S/C18H26N4O2/c1-22-7-3-4-11-8-12(9-16(11)22)21-18(23)17(20)14-6-5-13(24-2)10-15(14)19/h5-6,10-12,16,20H,3-4,7-9,19H2,1-2H3,(H,21,23)/t11?,12-,16?/m0/s1. The van der Waals surface area contributed by atoms with E-state index in [1.165, 1.54) is 12.8 Å². The van der Waals surface area contributed by atoms with Crippen molar-refractivity contribution in [3.05, 3.63) is 23.8 Å². The SMILES string of the molecule is COc1ccc(C(=N)C(=O)N[C@H]2CC3CCCN(C)C3C2)c(N)c1. The fourth-order valence-corrected chi connectivity index (χ4v) is 4.11. The van der Waals surface area contributed by atoms with Crippen LogP contribution in [-0.2, 0) is 4.79 Å². The molecule has 1 aromatic rings. The van der Waals surface area contributed by atoms with Crippen molar-refractivity contribution in [1.82, 2.24) is 10.2 Å². The Morgan fingerprint density at radius 3 is 2.88 bits per heavy atom. The van der Waals surface area contributed by atoms with Gasteiger partial charge >= 0.3 is 0 Å². The number of benzene rings is 1. The summed E-state index contributed by atoms with van der Waals surface area (Å²) in [4.78, 5) is 14.9. The van der Waals surface area contributed by atoms with E-state index in [-0.39, 0.29) is 17.7 Å². The first kappa shape index (κ1) is 16.8. The number of carbonyl (C=O) groups is 1. The molecule has 1 aromatic carbocycles. The van der Waals surface area contributed by atoms with Crippen LogP contribution in [0.3, 0.4) is 0 Å². The quantitative estimate of drug-likeness (QED) is 0.578. The van der Waals surface area contributed by atoms with Crippen LogP contribution in [-0.4, -0.2) is 49.3 Å².